The number of hydrogen-bond donors (Lipinski definition) is 1. The molecule has 0 bridgehead atoms. The van der Waals surface area contributed by atoms with Crippen molar-refractivity contribution in [2.24, 2.45) is 0 Å². The van der Waals surface area contributed by atoms with Crippen molar-refractivity contribution >= 4 is 27.5 Å². The minimum absolute atomic E-state index is 0.0734. The van der Waals surface area contributed by atoms with Crippen LogP contribution in [0.5, 0.6) is 5.75 Å². The fourth-order valence-electron chi connectivity index (χ4n) is 1.84. The Morgan fingerprint density at radius 2 is 1.79 bits per heavy atom. The Hall–Kier alpha value is -1.81. The molecule has 3 nitrogen and oxygen atoms in total. The number of hydrogen-bond acceptors (Lipinski definition) is 2. The van der Waals surface area contributed by atoms with Crippen LogP contribution in [0.15, 0.2) is 46.9 Å². The monoisotopic (exact) mass is 319 g/mol. The first-order chi connectivity index (χ1) is 8.99. The first kappa shape index (κ1) is 13.6. The van der Waals surface area contributed by atoms with Gasteiger partial charge in [-0.15, -0.1) is 0 Å². The van der Waals surface area contributed by atoms with E-state index in [1.165, 1.54) is 0 Å². The standard InChI is InChI=1S/C15H14BrNO2/c1-10-9-11(16)3-8-14(10)15(19)17(2)12-4-6-13(18)7-5-12/h3-9,18H,1-2H3. The Bertz CT molecular complexity index is 608. The van der Waals surface area contributed by atoms with Crippen LogP contribution in [0.4, 0.5) is 5.69 Å². The summed E-state index contributed by atoms with van der Waals surface area (Å²) >= 11 is 3.38. The van der Waals surface area contributed by atoms with Gasteiger partial charge in [-0.05, 0) is 55.0 Å². The number of halogens is 1. The summed E-state index contributed by atoms with van der Waals surface area (Å²) in [5.41, 5.74) is 2.33. The van der Waals surface area contributed by atoms with Crippen molar-refractivity contribution in [3.63, 3.8) is 0 Å². The molecule has 0 unspecified atom stereocenters. The fraction of sp³-hybridized carbons (Fsp3) is 0.133. The van der Waals surface area contributed by atoms with Crippen LogP contribution in [-0.4, -0.2) is 18.1 Å². The van der Waals surface area contributed by atoms with Crippen LogP contribution in [0.1, 0.15) is 15.9 Å². The average molecular weight is 320 g/mol. The molecule has 2 aromatic carbocycles. The van der Waals surface area contributed by atoms with Gasteiger partial charge in [0.1, 0.15) is 5.75 Å². The van der Waals surface area contributed by atoms with Crippen LogP contribution in [0, 0.1) is 6.92 Å². The lowest BCUT2D eigenvalue weighted by Gasteiger charge is -2.18. The molecule has 1 amide bonds. The molecule has 0 aliphatic heterocycles. The SMILES string of the molecule is Cc1cc(Br)ccc1C(=O)N(C)c1ccc(O)cc1. The van der Waals surface area contributed by atoms with Crippen molar-refractivity contribution < 1.29 is 9.90 Å². The van der Waals surface area contributed by atoms with Gasteiger partial charge in [-0.25, -0.2) is 0 Å². The Labute approximate surface area is 120 Å². The average Bonchev–Trinajstić information content (AvgIpc) is 2.38. The van der Waals surface area contributed by atoms with Gasteiger partial charge < -0.3 is 10.0 Å². The number of anilines is 1. The number of phenolic OH excluding ortho intramolecular Hbond substituents is 1. The quantitative estimate of drug-likeness (QED) is 0.916. The van der Waals surface area contributed by atoms with E-state index in [-0.39, 0.29) is 11.7 Å². The molecule has 2 aromatic rings. The molecular weight excluding hydrogens is 306 g/mol. The highest BCUT2D eigenvalue weighted by molar-refractivity contribution is 9.10. The number of benzene rings is 2. The van der Waals surface area contributed by atoms with Crippen molar-refractivity contribution in [3.8, 4) is 5.75 Å². The molecule has 0 saturated heterocycles. The summed E-state index contributed by atoms with van der Waals surface area (Å²) in [4.78, 5) is 14.0. The summed E-state index contributed by atoms with van der Waals surface area (Å²) in [6.07, 6.45) is 0. The van der Waals surface area contributed by atoms with E-state index in [1.807, 2.05) is 19.1 Å². The van der Waals surface area contributed by atoms with E-state index in [4.69, 9.17) is 0 Å². The van der Waals surface area contributed by atoms with Crippen molar-refractivity contribution in [2.75, 3.05) is 11.9 Å². The second-order valence-electron chi connectivity index (χ2n) is 4.34. The lowest BCUT2D eigenvalue weighted by atomic mass is 10.1. The number of aryl methyl sites for hydroxylation is 1. The topological polar surface area (TPSA) is 40.5 Å². The molecule has 0 saturated carbocycles. The molecule has 0 fully saturated rings. The smallest absolute Gasteiger partial charge is 0.258 e. The Morgan fingerprint density at radius 3 is 2.37 bits per heavy atom. The third-order valence-corrected chi connectivity index (χ3v) is 3.45. The number of phenols is 1. The fourth-order valence-corrected chi connectivity index (χ4v) is 2.32. The minimum atomic E-state index is -0.0734. The Kier molecular flexibility index (Phi) is 3.90. The highest BCUT2D eigenvalue weighted by Gasteiger charge is 2.15. The normalized spacial score (nSPS) is 10.3. The lowest BCUT2D eigenvalue weighted by molar-refractivity contribution is 0.0992. The van der Waals surface area contributed by atoms with Gasteiger partial charge in [0.05, 0.1) is 0 Å². The first-order valence-electron chi connectivity index (χ1n) is 5.82. The Balaban J connectivity index is 2.30. The zero-order chi connectivity index (χ0) is 14.0. The van der Waals surface area contributed by atoms with Crippen molar-refractivity contribution in [2.45, 2.75) is 6.92 Å². The summed E-state index contributed by atoms with van der Waals surface area (Å²) in [5.74, 6) is 0.111. The maximum absolute atomic E-state index is 12.4. The third kappa shape index (κ3) is 2.96. The van der Waals surface area contributed by atoms with E-state index in [9.17, 15) is 9.90 Å². The summed E-state index contributed by atoms with van der Waals surface area (Å²) in [7, 11) is 1.72. The number of carbonyl (C=O) groups excluding carboxylic acids is 1. The largest absolute Gasteiger partial charge is 0.508 e. The van der Waals surface area contributed by atoms with Crippen LogP contribution < -0.4 is 4.90 Å². The van der Waals surface area contributed by atoms with E-state index >= 15 is 0 Å². The second kappa shape index (κ2) is 5.45. The van der Waals surface area contributed by atoms with Crippen molar-refractivity contribution in [3.05, 3.63) is 58.1 Å². The third-order valence-electron chi connectivity index (χ3n) is 2.96. The number of carbonyl (C=O) groups is 1. The molecule has 0 aromatic heterocycles. The van der Waals surface area contributed by atoms with Crippen LogP contribution in [0.25, 0.3) is 0 Å². The van der Waals surface area contributed by atoms with E-state index in [0.717, 1.165) is 15.7 Å². The highest BCUT2D eigenvalue weighted by atomic mass is 79.9. The van der Waals surface area contributed by atoms with E-state index < -0.39 is 0 Å². The zero-order valence-electron chi connectivity index (χ0n) is 10.7. The van der Waals surface area contributed by atoms with Gasteiger partial charge in [0.25, 0.3) is 5.91 Å². The zero-order valence-corrected chi connectivity index (χ0v) is 12.3. The molecule has 4 heteroatoms. The molecule has 0 spiro atoms. The molecule has 2 rings (SSSR count). The summed E-state index contributed by atoms with van der Waals surface area (Å²) in [5, 5.41) is 9.26. The summed E-state index contributed by atoms with van der Waals surface area (Å²) in [6, 6.07) is 12.1. The molecule has 0 heterocycles. The van der Waals surface area contributed by atoms with Crippen LogP contribution in [-0.2, 0) is 0 Å². The lowest BCUT2D eigenvalue weighted by Crippen LogP contribution is -2.26. The molecule has 0 radical (unpaired) electrons. The maximum atomic E-state index is 12.4. The Morgan fingerprint density at radius 1 is 1.16 bits per heavy atom. The van der Waals surface area contributed by atoms with Gasteiger partial charge in [0.15, 0.2) is 0 Å². The van der Waals surface area contributed by atoms with Gasteiger partial charge in [-0.1, -0.05) is 15.9 Å². The van der Waals surface area contributed by atoms with Crippen LogP contribution in [0.2, 0.25) is 0 Å². The number of aromatic hydroxyl groups is 1. The minimum Gasteiger partial charge on any atom is -0.508 e. The predicted octanol–water partition coefficient (Wildman–Crippen LogP) is 3.74. The highest BCUT2D eigenvalue weighted by Crippen LogP contribution is 2.22. The molecule has 0 atom stereocenters. The van der Waals surface area contributed by atoms with E-state index in [2.05, 4.69) is 15.9 Å². The number of nitrogens with zero attached hydrogens (tertiary/aromatic N) is 1. The number of amides is 1. The van der Waals surface area contributed by atoms with E-state index in [1.54, 1.807) is 42.3 Å². The number of rotatable bonds is 2. The van der Waals surface area contributed by atoms with E-state index in [0.29, 0.717) is 5.56 Å². The van der Waals surface area contributed by atoms with Crippen molar-refractivity contribution in [1.29, 1.82) is 0 Å². The molecule has 19 heavy (non-hydrogen) atoms. The van der Waals surface area contributed by atoms with Crippen LogP contribution in [0.3, 0.4) is 0 Å². The molecule has 98 valence electrons. The summed E-state index contributed by atoms with van der Waals surface area (Å²) < 4.78 is 0.953. The maximum Gasteiger partial charge on any atom is 0.258 e. The predicted molar refractivity (Wildman–Crippen MR) is 79.7 cm³/mol. The molecule has 1 N–H and O–H groups in total. The van der Waals surface area contributed by atoms with Gasteiger partial charge in [-0.2, -0.15) is 0 Å². The first-order valence-corrected chi connectivity index (χ1v) is 6.61. The van der Waals surface area contributed by atoms with Gasteiger partial charge >= 0.3 is 0 Å². The van der Waals surface area contributed by atoms with Gasteiger partial charge in [0.2, 0.25) is 0 Å². The molecule has 0 aliphatic rings. The molecular formula is C15H14BrNO2. The van der Waals surface area contributed by atoms with Crippen molar-refractivity contribution in [1.82, 2.24) is 0 Å². The van der Waals surface area contributed by atoms with Gasteiger partial charge in [-0.3, -0.25) is 4.79 Å². The van der Waals surface area contributed by atoms with Gasteiger partial charge in [0, 0.05) is 22.8 Å². The molecule has 0 aliphatic carbocycles. The second-order valence-corrected chi connectivity index (χ2v) is 5.26. The van der Waals surface area contributed by atoms with Crippen LogP contribution >= 0.6 is 15.9 Å². The summed E-state index contributed by atoms with van der Waals surface area (Å²) in [6.45, 7) is 1.91.